The molecule has 0 saturated heterocycles. The van der Waals surface area contributed by atoms with Gasteiger partial charge in [0.25, 0.3) is 0 Å². The first-order valence-corrected chi connectivity index (χ1v) is 7.81. The van der Waals surface area contributed by atoms with E-state index in [0.717, 1.165) is 19.4 Å². The van der Waals surface area contributed by atoms with Crippen LogP contribution in [0.5, 0.6) is 0 Å². The standard InChI is InChI=1S/C17H28N4O/c1-5-14(2)20-17(19-13-16(22)21(3)4)18-12-11-15-9-7-6-8-10-15/h6-10,14H,5,11-13H2,1-4H3,(H2,18,19,20). The Morgan fingerprint density at radius 1 is 1.27 bits per heavy atom. The quantitative estimate of drug-likeness (QED) is 0.595. The van der Waals surface area contributed by atoms with Gasteiger partial charge in [-0.1, -0.05) is 37.3 Å². The van der Waals surface area contributed by atoms with E-state index in [1.165, 1.54) is 5.56 Å². The van der Waals surface area contributed by atoms with Gasteiger partial charge in [-0.3, -0.25) is 4.79 Å². The van der Waals surface area contributed by atoms with Crippen molar-refractivity contribution in [3.63, 3.8) is 0 Å². The van der Waals surface area contributed by atoms with Crippen LogP contribution in [0.2, 0.25) is 0 Å². The number of hydrogen-bond donors (Lipinski definition) is 2. The molecule has 1 rings (SSSR count). The van der Waals surface area contributed by atoms with Crippen molar-refractivity contribution < 1.29 is 4.79 Å². The summed E-state index contributed by atoms with van der Waals surface area (Å²) in [6.45, 7) is 5.15. The third kappa shape index (κ3) is 7.11. The summed E-state index contributed by atoms with van der Waals surface area (Å²) < 4.78 is 0. The molecule has 0 aromatic heterocycles. The molecule has 1 atom stereocenters. The van der Waals surface area contributed by atoms with Crippen LogP contribution in [-0.4, -0.2) is 50.0 Å². The molecule has 122 valence electrons. The lowest BCUT2D eigenvalue weighted by Crippen LogP contribution is -2.43. The number of rotatable bonds is 7. The second kappa shape index (κ2) is 9.82. The predicted octanol–water partition coefficient (Wildman–Crippen LogP) is 1.65. The number of benzene rings is 1. The lowest BCUT2D eigenvalue weighted by Gasteiger charge is -2.17. The lowest BCUT2D eigenvalue weighted by molar-refractivity contribution is -0.127. The number of nitrogens with one attached hydrogen (secondary N) is 2. The molecule has 2 N–H and O–H groups in total. The first kappa shape index (κ1) is 18.0. The van der Waals surface area contributed by atoms with Crippen LogP contribution in [0.3, 0.4) is 0 Å². The number of aliphatic imine (C=N–C) groups is 1. The summed E-state index contributed by atoms with van der Waals surface area (Å²) in [7, 11) is 3.48. The highest BCUT2D eigenvalue weighted by Gasteiger charge is 2.06. The molecule has 0 fully saturated rings. The third-order valence-electron chi connectivity index (χ3n) is 3.42. The van der Waals surface area contributed by atoms with E-state index in [9.17, 15) is 4.79 Å². The summed E-state index contributed by atoms with van der Waals surface area (Å²) in [5, 5.41) is 6.61. The molecule has 0 aliphatic heterocycles. The van der Waals surface area contributed by atoms with Gasteiger partial charge in [-0.15, -0.1) is 0 Å². The van der Waals surface area contributed by atoms with Crippen molar-refractivity contribution in [2.75, 3.05) is 27.2 Å². The highest BCUT2D eigenvalue weighted by Crippen LogP contribution is 1.98. The smallest absolute Gasteiger partial charge is 0.243 e. The Kier molecular flexibility index (Phi) is 8.04. The Hall–Kier alpha value is -2.04. The second-order valence-electron chi connectivity index (χ2n) is 5.57. The molecular weight excluding hydrogens is 276 g/mol. The monoisotopic (exact) mass is 304 g/mol. The zero-order chi connectivity index (χ0) is 16.4. The molecule has 5 nitrogen and oxygen atoms in total. The highest BCUT2D eigenvalue weighted by molar-refractivity contribution is 5.84. The summed E-state index contributed by atoms with van der Waals surface area (Å²) in [5.41, 5.74) is 1.28. The van der Waals surface area contributed by atoms with Gasteiger partial charge in [0.2, 0.25) is 5.91 Å². The van der Waals surface area contributed by atoms with Gasteiger partial charge in [0.15, 0.2) is 5.96 Å². The number of likely N-dealkylation sites (N-methyl/N-ethyl adjacent to an activating group) is 1. The van der Waals surface area contributed by atoms with Crippen LogP contribution in [0.15, 0.2) is 35.3 Å². The Bertz CT molecular complexity index is 471. The van der Waals surface area contributed by atoms with Crippen LogP contribution in [0.25, 0.3) is 0 Å². The Balaban J connectivity index is 2.53. The summed E-state index contributed by atoms with van der Waals surface area (Å²) >= 11 is 0. The first-order chi connectivity index (χ1) is 10.5. The van der Waals surface area contributed by atoms with Crippen LogP contribution in [0.1, 0.15) is 25.8 Å². The molecule has 0 radical (unpaired) electrons. The van der Waals surface area contributed by atoms with Crippen molar-refractivity contribution in [1.29, 1.82) is 0 Å². The summed E-state index contributed by atoms with van der Waals surface area (Å²) in [4.78, 5) is 17.6. The summed E-state index contributed by atoms with van der Waals surface area (Å²) in [5.74, 6) is 0.689. The fraction of sp³-hybridized carbons (Fsp3) is 0.529. The molecule has 1 aromatic carbocycles. The zero-order valence-corrected chi connectivity index (χ0v) is 14.1. The minimum atomic E-state index is -0.00619. The molecule has 0 heterocycles. The van der Waals surface area contributed by atoms with E-state index in [4.69, 9.17) is 0 Å². The fourth-order valence-corrected chi connectivity index (χ4v) is 1.75. The molecule has 22 heavy (non-hydrogen) atoms. The van der Waals surface area contributed by atoms with Gasteiger partial charge in [0.1, 0.15) is 6.54 Å². The van der Waals surface area contributed by atoms with E-state index < -0.39 is 0 Å². The average molecular weight is 304 g/mol. The molecule has 1 unspecified atom stereocenters. The maximum absolute atomic E-state index is 11.7. The number of hydrogen-bond acceptors (Lipinski definition) is 2. The van der Waals surface area contributed by atoms with Gasteiger partial charge in [-0.25, -0.2) is 4.99 Å². The van der Waals surface area contributed by atoms with E-state index in [2.05, 4.69) is 41.6 Å². The molecule has 5 heteroatoms. The number of amides is 1. The van der Waals surface area contributed by atoms with Crippen molar-refractivity contribution in [2.45, 2.75) is 32.7 Å². The maximum Gasteiger partial charge on any atom is 0.243 e. The van der Waals surface area contributed by atoms with Crippen LogP contribution < -0.4 is 10.6 Å². The van der Waals surface area contributed by atoms with Crippen molar-refractivity contribution in [1.82, 2.24) is 15.5 Å². The van der Waals surface area contributed by atoms with E-state index in [0.29, 0.717) is 12.0 Å². The van der Waals surface area contributed by atoms with Crippen LogP contribution in [0, 0.1) is 0 Å². The van der Waals surface area contributed by atoms with Crippen molar-refractivity contribution in [3.05, 3.63) is 35.9 Å². The molecule has 1 amide bonds. The Morgan fingerprint density at radius 3 is 2.55 bits per heavy atom. The lowest BCUT2D eigenvalue weighted by atomic mass is 10.1. The van der Waals surface area contributed by atoms with Crippen LogP contribution >= 0.6 is 0 Å². The van der Waals surface area contributed by atoms with Gasteiger partial charge in [-0.2, -0.15) is 0 Å². The minimum Gasteiger partial charge on any atom is -0.356 e. The van der Waals surface area contributed by atoms with Crippen molar-refractivity contribution >= 4 is 11.9 Å². The van der Waals surface area contributed by atoms with E-state index in [-0.39, 0.29) is 12.5 Å². The fourth-order valence-electron chi connectivity index (χ4n) is 1.75. The number of nitrogens with zero attached hydrogens (tertiary/aromatic N) is 2. The van der Waals surface area contributed by atoms with Crippen molar-refractivity contribution in [2.24, 2.45) is 4.99 Å². The molecule has 1 aromatic rings. The van der Waals surface area contributed by atoms with E-state index in [1.807, 2.05) is 18.2 Å². The SMILES string of the molecule is CCC(C)NC(=NCC(=O)N(C)C)NCCc1ccccc1. The second-order valence-corrected chi connectivity index (χ2v) is 5.57. The minimum absolute atomic E-state index is 0.00619. The Morgan fingerprint density at radius 2 is 1.95 bits per heavy atom. The zero-order valence-electron chi connectivity index (χ0n) is 14.1. The molecule has 0 bridgehead atoms. The van der Waals surface area contributed by atoms with Gasteiger partial charge >= 0.3 is 0 Å². The number of carbonyl (C=O) groups excluding carboxylic acids is 1. The summed E-state index contributed by atoms with van der Waals surface area (Å²) in [6.07, 6.45) is 1.92. The summed E-state index contributed by atoms with van der Waals surface area (Å²) in [6, 6.07) is 10.6. The largest absolute Gasteiger partial charge is 0.356 e. The van der Waals surface area contributed by atoms with E-state index in [1.54, 1.807) is 19.0 Å². The highest BCUT2D eigenvalue weighted by atomic mass is 16.2. The Labute approximate surface area is 133 Å². The third-order valence-corrected chi connectivity index (χ3v) is 3.42. The van der Waals surface area contributed by atoms with Crippen molar-refractivity contribution in [3.8, 4) is 0 Å². The molecule has 0 spiro atoms. The molecule has 0 saturated carbocycles. The topological polar surface area (TPSA) is 56.7 Å². The number of guanidine groups is 1. The van der Waals surface area contributed by atoms with Crippen LogP contribution in [-0.2, 0) is 11.2 Å². The van der Waals surface area contributed by atoms with Gasteiger partial charge in [-0.05, 0) is 25.3 Å². The predicted molar refractivity (Wildman–Crippen MR) is 92.0 cm³/mol. The molecular formula is C17H28N4O. The van der Waals surface area contributed by atoms with Gasteiger partial charge < -0.3 is 15.5 Å². The van der Waals surface area contributed by atoms with Crippen LogP contribution in [0.4, 0.5) is 0 Å². The number of carbonyl (C=O) groups is 1. The molecule has 0 aliphatic carbocycles. The molecule has 0 aliphatic rings. The van der Waals surface area contributed by atoms with Gasteiger partial charge in [0.05, 0.1) is 0 Å². The van der Waals surface area contributed by atoms with E-state index >= 15 is 0 Å². The maximum atomic E-state index is 11.7. The normalized spacial score (nSPS) is 12.6. The van der Waals surface area contributed by atoms with Gasteiger partial charge in [0, 0.05) is 26.7 Å². The average Bonchev–Trinajstić information content (AvgIpc) is 2.52. The first-order valence-electron chi connectivity index (χ1n) is 7.81.